The summed E-state index contributed by atoms with van der Waals surface area (Å²) in [4.78, 5) is 8.04. The van der Waals surface area contributed by atoms with Gasteiger partial charge in [0.1, 0.15) is 11.0 Å². The number of rotatable bonds is 3. The van der Waals surface area contributed by atoms with Crippen molar-refractivity contribution in [1.29, 1.82) is 0 Å². The average Bonchev–Trinajstić information content (AvgIpc) is 2.34. The zero-order valence-corrected chi connectivity index (χ0v) is 10.6. The summed E-state index contributed by atoms with van der Waals surface area (Å²) in [6.45, 7) is 1.96. The summed E-state index contributed by atoms with van der Waals surface area (Å²) in [6.07, 6.45) is 3.30. The predicted octanol–water partition coefficient (Wildman–Crippen LogP) is 1.57. The first-order valence-electron chi connectivity index (χ1n) is 5.42. The quantitative estimate of drug-likeness (QED) is 0.444. The third kappa shape index (κ3) is 2.43. The Bertz CT molecular complexity index is 538. The van der Waals surface area contributed by atoms with Crippen LogP contribution in [-0.4, -0.2) is 9.97 Å². The summed E-state index contributed by atoms with van der Waals surface area (Å²) in [6, 6.07) is 5.21. The highest BCUT2D eigenvalue weighted by molar-refractivity contribution is 6.29. The molecule has 0 saturated heterocycles. The number of aromatic nitrogens is 2. The van der Waals surface area contributed by atoms with Crippen LogP contribution in [0.4, 0.5) is 5.82 Å². The maximum absolute atomic E-state index is 5.92. The van der Waals surface area contributed by atoms with Gasteiger partial charge in [0, 0.05) is 18.0 Å². The van der Waals surface area contributed by atoms with E-state index in [0.29, 0.717) is 11.0 Å². The van der Waals surface area contributed by atoms with Gasteiger partial charge in [-0.25, -0.2) is 15.4 Å². The van der Waals surface area contributed by atoms with Crippen LogP contribution in [-0.2, 0) is 0 Å². The first-order valence-corrected chi connectivity index (χ1v) is 5.80. The highest BCUT2D eigenvalue weighted by Crippen LogP contribution is 2.28. The number of nitrogens with zero attached hydrogens (tertiary/aromatic N) is 2. The first-order chi connectivity index (χ1) is 8.63. The molecule has 1 unspecified atom stereocenters. The van der Waals surface area contributed by atoms with Gasteiger partial charge in [-0.3, -0.25) is 5.84 Å². The minimum absolute atomic E-state index is 0.265. The van der Waals surface area contributed by atoms with Crippen molar-refractivity contribution in [2.75, 3.05) is 5.73 Å². The van der Waals surface area contributed by atoms with E-state index in [4.69, 9.17) is 23.2 Å². The standard InChI is InChI=1S/C12H14ClN5/c1-7-2-4-17-12(14)10(7)11(18-15)8-3-5-16-9(13)6-8/h2-6,11,18H,15H2,1H3,(H2,14,17). The molecule has 18 heavy (non-hydrogen) atoms. The lowest BCUT2D eigenvalue weighted by atomic mass is 9.97. The molecule has 0 aliphatic rings. The predicted molar refractivity (Wildman–Crippen MR) is 71.8 cm³/mol. The fourth-order valence-corrected chi connectivity index (χ4v) is 2.09. The van der Waals surface area contributed by atoms with Gasteiger partial charge in [0.05, 0.1) is 6.04 Å². The maximum atomic E-state index is 5.92. The van der Waals surface area contributed by atoms with Crippen molar-refractivity contribution < 1.29 is 0 Å². The minimum Gasteiger partial charge on any atom is -0.383 e. The Hall–Kier alpha value is -1.69. The molecular formula is C12H14ClN5. The van der Waals surface area contributed by atoms with Gasteiger partial charge in [0.2, 0.25) is 0 Å². The van der Waals surface area contributed by atoms with E-state index in [2.05, 4.69) is 15.4 Å². The monoisotopic (exact) mass is 263 g/mol. The summed E-state index contributed by atoms with van der Waals surface area (Å²) in [5.74, 6) is 6.08. The van der Waals surface area contributed by atoms with Crippen molar-refractivity contribution in [3.8, 4) is 0 Å². The zero-order chi connectivity index (χ0) is 13.1. The molecule has 0 aromatic carbocycles. The average molecular weight is 264 g/mol. The van der Waals surface area contributed by atoms with E-state index in [1.165, 1.54) is 0 Å². The highest BCUT2D eigenvalue weighted by atomic mass is 35.5. The normalized spacial score (nSPS) is 12.4. The molecule has 1 atom stereocenters. The molecule has 5 N–H and O–H groups in total. The summed E-state index contributed by atoms with van der Waals surface area (Å²) in [5, 5.41) is 0.410. The lowest BCUT2D eigenvalue weighted by molar-refractivity contribution is 0.633. The number of nitrogens with one attached hydrogen (secondary N) is 1. The number of hydrogen-bond donors (Lipinski definition) is 3. The second-order valence-electron chi connectivity index (χ2n) is 3.94. The van der Waals surface area contributed by atoms with E-state index in [9.17, 15) is 0 Å². The molecule has 2 heterocycles. The fraction of sp³-hybridized carbons (Fsp3) is 0.167. The van der Waals surface area contributed by atoms with Crippen molar-refractivity contribution in [3.63, 3.8) is 0 Å². The number of hydrogen-bond acceptors (Lipinski definition) is 5. The van der Waals surface area contributed by atoms with Crippen molar-refractivity contribution in [1.82, 2.24) is 15.4 Å². The topological polar surface area (TPSA) is 89.8 Å². The molecule has 0 aliphatic carbocycles. The largest absolute Gasteiger partial charge is 0.383 e. The summed E-state index contributed by atoms with van der Waals surface area (Å²) in [5.41, 5.74) is 11.4. The van der Waals surface area contributed by atoms with Crippen LogP contribution in [0.1, 0.15) is 22.7 Å². The molecule has 94 valence electrons. The molecular weight excluding hydrogens is 250 g/mol. The smallest absolute Gasteiger partial charge is 0.129 e. The van der Waals surface area contributed by atoms with Crippen LogP contribution in [0.25, 0.3) is 0 Å². The third-order valence-electron chi connectivity index (χ3n) is 2.78. The Kier molecular flexibility index (Phi) is 3.76. The summed E-state index contributed by atoms with van der Waals surface area (Å²) < 4.78 is 0. The Balaban J connectivity index is 2.52. The number of anilines is 1. The second kappa shape index (κ2) is 5.30. The molecule has 0 bridgehead atoms. The third-order valence-corrected chi connectivity index (χ3v) is 2.98. The number of aryl methyl sites for hydroxylation is 1. The van der Waals surface area contributed by atoms with Gasteiger partial charge < -0.3 is 5.73 Å². The van der Waals surface area contributed by atoms with Crippen molar-refractivity contribution in [3.05, 3.63) is 52.4 Å². The lowest BCUT2D eigenvalue weighted by Crippen LogP contribution is -2.30. The fourth-order valence-electron chi connectivity index (χ4n) is 1.91. The van der Waals surface area contributed by atoms with Crippen molar-refractivity contribution in [2.45, 2.75) is 13.0 Å². The molecule has 0 spiro atoms. The van der Waals surface area contributed by atoms with Gasteiger partial charge in [0.25, 0.3) is 0 Å². The van der Waals surface area contributed by atoms with E-state index in [0.717, 1.165) is 16.7 Å². The SMILES string of the molecule is Cc1ccnc(N)c1C(NN)c1ccnc(Cl)c1. The Morgan fingerprint density at radius 1 is 1.28 bits per heavy atom. The lowest BCUT2D eigenvalue weighted by Gasteiger charge is -2.20. The molecule has 2 rings (SSSR count). The number of halogens is 1. The molecule has 0 amide bonds. The molecule has 0 radical (unpaired) electrons. The van der Waals surface area contributed by atoms with Crippen LogP contribution in [0.5, 0.6) is 0 Å². The Morgan fingerprint density at radius 2 is 2.00 bits per heavy atom. The molecule has 5 nitrogen and oxygen atoms in total. The number of pyridine rings is 2. The molecule has 6 heteroatoms. The van der Waals surface area contributed by atoms with Gasteiger partial charge >= 0.3 is 0 Å². The van der Waals surface area contributed by atoms with E-state index < -0.39 is 0 Å². The molecule has 0 saturated carbocycles. The van der Waals surface area contributed by atoms with Crippen LogP contribution >= 0.6 is 11.6 Å². The van der Waals surface area contributed by atoms with Crippen LogP contribution < -0.4 is 17.0 Å². The van der Waals surface area contributed by atoms with E-state index in [1.807, 2.05) is 19.1 Å². The first kappa shape index (κ1) is 12.8. The van der Waals surface area contributed by atoms with E-state index >= 15 is 0 Å². The van der Waals surface area contributed by atoms with Crippen LogP contribution in [0.3, 0.4) is 0 Å². The Morgan fingerprint density at radius 3 is 2.61 bits per heavy atom. The van der Waals surface area contributed by atoms with Gasteiger partial charge in [0.15, 0.2) is 0 Å². The van der Waals surface area contributed by atoms with Crippen LogP contribution in [0, 0.1) is 6.92 Å². The minimum atomic E-state index is -0.265. The number of nitrogens with two attached hydrogens (primary N) is 2. The summed E-state index contributed by atoms with van der Waals surface area (Å²) >= 11 is 5.89. The van der Waals surface area contributed by atoms with Crippen molar-refractivity contribution in [2.24, 2.45) is 5.84 Å². The summed E-state index contributed by atoms with van der Waals surface area (Å²) in [7, 11) is 0. The van der Waals surface area contributed by atoms with Gasteiger partial charge in [-0.1, -0.05) is 11.6 Å². The number of hydrazine groups is 1. The maximum Gasteiger partial charge on any atom is 0.129 e. The van der Waals surface area contributed by atoms with E-state index in [-0.39, 0.29) is 6.04 Å². The number of nitrogen functional groups attached to an aromatic ring is 1. The van der Waals surface area contributed by atoms with E-state index in [1.54, 1.807) is 18.5 Å². The van der Waals surface area contributed by atoms with Crippen molar-refractivity contribution >= 4 is 17.4 Å². The van der Waals surface area contributed by atoms with Gasteiger partial charge in [-0.15, -0.1) is 0 Å². The zero-order valence-electron chi connectivity index (χ0n) is 9.89. The molecule has 2 aromatic rings. The van der Waals surface area contributed by atoms with Crippen LogP contribution in [0.2, 0.25) is 5.15 Å². The molecule has 0 aliphatic heterocycles. The van der Waals surface area contributed by atoms with Gasteiger partial charge in [-0.05, 0) is 36.2 Å². The van der Waals surface area contributed by atoms with Crippen LogP contribution in [0.15, 0.2) is 30.6 Å². The highest BCUT2D eigenvalue weighted by Gasteiger charge is 2.18. The molecule has 0 fully saturated rings. The van der Waals surface area contributed by atoms with Gasteiger partial charge in [-0.2, -0.15) is 0 Å². The second-order valence-corrected chi connectivity index (χ2v) is 4.33. The molecule has 2 aromatic heterocycles. The Labute approximate surface area is 110 Å².